The molecule has 1 aliphatic heterocycles. The molecule has 0 bridgehead atoms. The third-order valence-electron chi connectivity index (χ3n) is 1.68. The summed E-state index contributed by atoms with van der Waals surface area (Å²) in [6, 6.07) is 0. The molecule has 0 aromatic heterocycles. The second-order valence-electron chi connectivity index (χ2n) is 2.99. The number of aliphatic carboxylic acids is 1. The lowest BCUT2D eigenvalue weighted by Gasteiger charge is -2.13. The molecule has 0 amide bonds. The lowest BCUT2D eigenvalue weighted by Crippen LogP contribution is -2.23. The minimum absolute atomic E-state index is 0.0314. The third kappa shape index (κ3) is 1.80. The van der Waals surface area contributed by atoms with Crippen LogP contribution in [-0.4, -0.2) is 23.3 Å². The normalized spacial score (nSPS) is 29.7. The van der Waals surface area contributed by atoms with Gasteiger partial charge in [0.1, 0.15) is 0 Å². The molecule has 0 saturated heterocycles. The van der Waals surface area contributed by atoms with E-state index in [9.17, 15) is 4.79 Å². The lowest BCUT2D eigenvalue weighted by atomic mass is 10.1. The predicted octanol–water partition coefficient (Wildman–Crippen LogP) is 1.05. The van der Waals surface area contributed by atoms with E-state index in [4.69, 9.17) is 9.84 Å². The molecule has 0 saturated carbocycles. The van der Waals surface area contributed by atoms with Gasteiger partial charge in [-0.25, -0.2) is 4.79 Å². The van der Waals surface area contributed by atoms with Crippen LogP contribution in [0, 0.1) is 5.92 Å². The highest BCUT2D eigenvalue weighted by Gasteiger charge is 2.26. The molecule has 1 aliphatic rings. The van der Waals surface area contributed by atoms with Gasteiger partial charge >= 0.3 is 5.97 Å². The first-order chi connectivity index (χ1) is 5.11. The van der Waals surface area contributed by atoms with E-state index >= 15 is 0 Å². The van der Waals surface area contributed by atoms with Crippen molar-refractivity contribution in [1.82, 2.24) is 0 Å². The first-order valence-electron chi connectivity index (χ1n) is 3.68. The van der Waals surface area contributed by atoms with Gasteiger partial charge in [-0.15, -0.1) is 0 Å². The molecule has 2 atom stereocenters. The third-order valence-corrected chi connectivity index (χ3v) is 1.68. The molecule has 0 fully saturated rings. The van der Waals surface area contributed by atoms with E-state index in [2.05, 4.69) is 0 Å². The molecule has 62 valence electrons. The zero-order valence-electron chi connectivity index (χ0n) is 6.65. The van der Waals surface area contributed by atoms with Gasteiger partial charge in [0.25, 0.3) is 0 Å². The molecule has 1 N–H and O–H groups in total. The van der Waals surface area contributed by atoms with Crippen LogP contribution < -0.4 is 0 Å². The Bertz CT molecular complexity index is 184. The molecule has 0 aliphatic carbocycles. The van der Waals surface area contributed by atoms with Gasteiger partial charge in [0.2, 0.25) is 0 Å². The quantitative estimate of drug-likeness (QED) is 0.608. The number of rotatable bonds is 2. The van der Waals surface area contributed by atoms with Crippen LogP contribution in [0.3, 0.4) is 0 Å². The van der Waals surface area contributed by atoms with Crippen molar-refractivity contribution in [3.05, 3.63) is 12.2 Å². The Kier molecular flexibility index (Phi) is 2.29. The molecule has 1 heterocycles. The smallest absolute Gasteiger partial charge is 0.336 e. The van der Waals surface area contributed by atoms with Gasteiger partial charge in [0, 0.05) is 0 Å². The maximum Gasteiger partial charge on any atom is 0.336 e. The van der Waals surface area contributed by atoms with Gasteiger partial charge in [0.05, 0.1) is 6.10 Å². The van der Waals surface area contributed by atoms with Crippen molar-refractivity contribution < 1.29 is 14.6 Å². The monoisotopic (exact) mass is 156 g/mol. The minimum Gasteiger partial charge on any atom is -0.479 e. The van der Waals surface area contributed by atoms with Gasteiger partial charge in [-0.3, -0.25) is 0 Å². The van der Waals surface area contributed by atoms with Crippen LogP contribution in [0.5, 0.6) is 0 Å². The highest BCUT2D eigenvalue weighted by atomic mass is 16.5. The predicted molar refractivity (Wildman–Crippen MR) is 40.3 cm³/mol. The maximum absolute atomic E-state index is 10.4. The molecule has 3 nitrogen and oxygen atoms in total. The van der Waals surface area contributed by atoms with Crippen molar-refractivity contribution in [2.24, 2.45) is 5.92 Å². The number of carboxylic acid groups (broad SMARTS) is 1. The summed E-state index contributed by atoms with van der Waals surface area (Å²) in [5.74, 6) is -0.569. The highest BCUT2D eigenvalue weighted by Crippen LogP contribution is 2.17. The van der Waals surface area contributed by atoms with Crippen molar-refractivity contribution in [3.8, 4) is 0 Å². The second kappa shape index (κ2) is 3.05. The lowest BCUT2D eigenvalue weighted by molar-refractivity contribution is -0.148. The molecule has 0 radical (unpaired) electrons. The highest BCUT2D eigenvalue weighted by molar-refractivity contribution is 5.75. The van der Waals surface area contributed by atoms with E-state index in [1.807, 2.05) is 19.9 Å². The average molecular weight is 156 g/mol. The molecular formula is C8H12O3. The topological polar surface area (TPSA) is 46.5 Å². The summed E-state index contributed by atoms with van der Waals surface area (Å²) >= 11 is 0. The van der Waals surface area contributed by atoms with E-state index in [0.29, 0.717) is 5.92 Å². The van der Waals surface area contributed by atoms with E-state index in [1.54, 1.807) is 6.08 Å². The molecule has 0 aromatic carbocycles. The number of carboxylic acids is 1. The van der Waals surface area contributed by atoms with Gasteiger partial charge < -0.3 is 9.84 Å². The van der Waals surface area contributed by atoms with Crippen LogP contribution in [-0.2, 0) is 9.53 Å². The van der Waals surface area contributed by atoms with Crippen LogP contribution in [0.1, 0.15) is 13.8 Å². The van der Waals surface area contributed by atoms with Crippen LogP contribution >= 0.6 is 0 Å². The summed E-state index contributed by atoms with van der Waals surface area (Å²) in [6.45, 7) is 4.00. The van der Waals surface area contributed by atoms with Crippen molar-refractivity contribution >= 4 is 5.97 Å². The van der Waals surface area contributed by atoms with Crippen LogP contribution in [0.25, 0.3) is 0 Å². The Morgan fingerprint density at radius 1 is 1.55 bits per heavy atom. The minimum atomic E-state index is -0.913. The molecule has 0 spiro atoms. The summed E-state index contributed by atoms with van der Waals surface area (Å²) in [7, 11) is 0. The van der Waals surface area contributed by atoms with Gasteiger partial charge in [-0.2, -0.15) is 0 Å². The van der Waals surface area contributed by atoms with Gasteiger partial charge in [0.15, 0.2) is 6.10 Å². The summed E-state index contributed by atoms with van der Waals surface area (Å²) in [6.07, 6.45) is 2.63. The van der Waals surface area contributed by atoms with E-state index < -0.39 is 12.1 Å². The molecule has 2 unspecified atom stereocenters. The SMILES string of the molecule is CC(C)C1C=CC(C(=O)O)O1. The first kappa shape index (κ1) is 8.27. The second-order valence-corrected chi connectivity index (χ2v) is 2.99. The number of carbonyl (C=O) groups is 1. The Labute approximate surface area is 65.7 Å². The molecule has 3 heteroatoms. The molecular weight excluding hydrogens is 144 g/mol. The zero-order chi connectivity index (χ0) is 8.43. The van der Waals surface area contributed by atoms with Crippen molar-refractivity contribution in [2.75, 3.05) is 0 Å². The fourth-order valence-electron chi connectivity index (χ4n) is 0.990. The van der Waals surface area contributed by atoms with Crippen LogP contribution in [0.4, 0.5) is 0 Å². The Morgan fingerprint density at radius 2 is 2.18 bits per heavy atom. The summed E-state index contributed by atoms with van der Waals surface area (Å²) < 4.78 is 5.17. The standard InChI is InChI=1S/C8H12O3/c1-5(2)6-3-4-7(11-6)8(9)10/h3-7H,1-2H3,(H,9,10). The van der Waals surface area contributed by atoms with E-state index in [-0.39, 0.29) is 6.10 Å². The first-order valence-corrected chi connectivity index (χ1v) is 3.68. The average Bonchev–Trinajstić information content (AvgIpc) is 2.33. The Balaban J connectivity index is 2.49. The van der Waals surface area contributed by atoms with Crippen molar-refractivity contribution in [2.45, 2.75) is 26.1 Å². The Hall–Kier alpha value is -0.830. The van der Waals surface area contributed by atoms with Gasteiger partial charge in [-0.05, 0) is 12.0 Å². The fraction of sp³-hybridized carbons (Fsp3) is 0.625. The fourth-order valence-corrected chi connectivity index (χ4v) is 0.990. The Morgan fingerprint density at radius 3 is 2.45 bits per heavy atom. The molecule has 11 heavy (non-hydrogen) atoms. The summed E-state index contributed by atoms with van der Waals surface area (Å²) in [4.78, 5) is 10.4. The van der Waals surface area contributed by atoms with Crippen molar-refractivity contribution in [3.63, 3.8) is 0 Å². The number of hydrogen-bond donors (Lipinski definition) is 1. The number of ether oxygens (including phenoxy) is 1. The van der Waals surface area contributed by atoms with Crippen molar-refractivity contribution in [1.29, 1.82) is 0 Å². The summed E-state index contributed by atoms with van der Waals surface area (Å²) in [5, 5.41) is 8.54. The van der Waals surface area contributed by atoms with Crippen LogP contribution in [0.15, 0.2) is 12.2 Å². The maximum atomic E-state index is 10.4. The summed E-state index contributed by atoms with van der Waals surface area (Å²) in [5.41, 5.74) is 0. The van der Waals surface area contributed by atoms with E-state index in [1.165, 1.54) is 0 Å². The largest absolute Gasteiger partial charge is 0.479 e. The van der Waals surface area contributed by atoms with Crippen LogP contribution in [0.2, 0.25) is 0 Å². The number of hydrogen-bond acceptors (Lipinski definition) is 2. The van der Waals surface area contributed by atoms with Gasteiger partial charge in [-0.1, -0.05) is 19.9 Å². The molecule has 0 aromatic rings. The molecule has 1 rings (SSSR count). The zero-order valence-corrected chi connectivity index (χ0v) is 6.65. The van der Waals surface area contributed by atoms with E-state index in [0.717, 1.165) is 0 Å².